The van der Waals surface area contributed by atoms with Gasteiger partial charge in [0, 0.05) is 42.8 Å². The zero-order chi connectivity index (χ0) is 27.5. The number of hydrogen-bond donors (Lipinski definition) is 3. The zero-order valence-electron chi connectivity index (χ0n) is 22.3. The second-order valence-corrected chi connectivity index (χ2v) is 10.8. The van der Waals surface area contributed by atoms with Crippen molar-refractivity contribution in [2.24, 2.45) is 0 Å². The van der Waals surface area contributed by atoms with Gasteiger partial charge in [0.25, 0.3) is 0 Å². The van der Waals surface area contributed by atoms with Crippen LogP contribution in [-0.2, 0) is 4.79 Å². The van der Waals surface area contributed by atoms with Crippen molar-refractivity contribution in [3.63, 3.8) is 0 Å². The normalized spacial score (nSPS) is 16.8. The van der Waals surface area contributed by atoms with Gasteiger partial charge in [-0.3, -0.25) is 15.1 Å². The third kappa shape index (κ3) is 6.64. The number of carbonyl (C=O) groups is 1. The molecule has 1 aromatic heterocycles. The molecule has 3 aromatic rings. The number of piperidine rings is 1. The molecule has 8 nitrogen and oxygen atoms in total. The van der Waals surface area contributed by atoms with Crippen molar-refractivity contribution in [1.82, 2.24) is 15.2 Å². The molecule has 2 aliphatic rings. The third-order valence-electron chi connectivity index (χ3n) is 7.05. The quantitative estimate of drug-likeness (QED) is 0.217. The molecule has 0 radical (unpaired) electrons. The van der Waals surface area contributed by atoms with E-state index in [1.165, 1.54) is 6.08 Å². The average molecular weight is 551 g/mol. The van der Waals surface area contributed by atoms with Crippen LogP contribution < -0.4 is 20.1 Å². The summed E-state index contributed by atoms with van der Waals surface area (Å²) < 4.78 is 12.5. The number of halogens is 1. The van der Waals surface area contributed by atoms with Gasteiger partial charge in [-0.1, -0.05) is 18.2 Å². The van der Waals surface area contributed by atoms with Gasteiger partial charge in [-0.25, -0.2) is 0 Å². The molecule has 1 unspecified atom stereocenters. The number of anilines is 1. The topological polar surface area (TPSA) is 96.0 Å². The molecular formula is C30H35ClN4O4. The largest absolute Gasteiger partial charge is 0.491 e. The molecule has 2 aromatic carbocycles. The summed E-state index contributed by atoms with van der Waals surface area (Å²) in [7, 11) is 0. The number of amides is 1. The van der Waals surface area contributed by atoms with E-state index < -0.39 is 6.35 Å². The number of aromatic nitrogens is 1. The molecular weight excluding hydrogens is 516 g/mol. The lowest BCUT2D eigenvalue weighted by atomic mass is 9.87. The molecule has 1 aliphatic heterocycles. The fourth-order valence-corrected chi connectivity index (χ4v) is 5.16. The van der Waals surface area contributed by atoms with Crippen molar-refractivity contribution in [2.75, 3.05) is 18.4 Å². The monoisotopic (exact) mass is 550 g/mol. The minimum Gasteiger partial charge on any atom is -0.491 e. The average Bonchev–Trinajstić information content (AvgIpc) is 3.73. The van der Waals surface area contributed by atoms with Crippen molar-refractivity contribution >= 4 is 34.1 Å². The summed E-state index contributed by atoms with van der Waals surface area (Å²) in [5.41, 5.74) is 2.47. The molecule has 1 atom stereocenters. The van der Waals surface area contributed by atoms with Crippen LogP contribution in [0.5, 0.6) is 17.2 Å². The number of ether oxygens (including phenoxy) is 2. The number of aliphatic hydroxyl groups excluding tert-OH is 1. The van der Waals surface area contributed by atoms with Gasteiger partial charge in [-0.05, 0) is 81.4 Å². The van der Waals surface area contributed by atoms with Gasteiger partial charge >= 0.3 is 0 Å². The van der Waals surface area contributed by atoms with Crippen LogP contribution in [0.1, 0.15) is 51.0 Å². The number of nitrogens with one attached hydrogen (secondary N) is 2. The molecule has 9 heteroatoms. The maximum absolute atomic E-state index is 12.1. The molecule has 1 saturated carbocycles. The Balaban J connectivity index is 1.40. The maximum Gasteiger partial charge on any atom is 0.245 e. The van der Waals surface area contributed by atoms with Gasteiger partial charge < -0.3 is 24.8 Å². The molecule has 2 heterocycles. The van der Waals surface area contributed by atoms with Crippen LogP contribution in [0.2, 0.25) is 5.02 Å². The number of aliphatic hydroxyl groups is 1. The predicted octanol–water partition coefficient (Wildman–Crippen LogP) is 5.80. The van der Waals surface area contributed by atoms with E-state index in [1.54, 1.807) is 18.3 Å². The smallest absolute Gasteiger partial charge is 0.245 e. The molecule has 0 spiro atoms. The standard InChI is InChI=1S/C30H35ClN4O4/c1-4-29(36)35-13-10-19(11-14-35)22-16-23-26(17-28(22)38-18(2)3)32-12-9-27(23)39-21-7-8-25(24(31)15-21)34-30(37)33-20-5-6-20/h4,7-9,12,15-20,30,33-34,37H,1,5-6,10-11,13-14H2,2-3H3. The van der Waals surface area contributed by atoms with E-state index in [4.69, 9.17) is 21.1 Å². The number of likely N-dealkylation sites (tertiary alicyclic amines) is 1. The Morgan fingerprint density at radius 2 is 1.92 bits per heavy atom. The van der Waals surface area contributed by atoms with Crippen LogP contribution in [-0.4, -0.2) is 52.5 Å². The van der Waals surface area contributed by atoms with Crippen molar-refractivity contribution in [1.29, 1.82) is 0 Å². The van der Waals surface area contributed by atoms with Crippen molar-refractivity contribution < 1.29 is 19.4 Å². The summed E-state index contributed by atoms with van der Waals surface area (Å²) in [6, 6.07) is 11.6. The Labute approximate surface area is 234 Å². The Morgan fingerprint density at radius 1 is 1.15 bits per heavy atom. The van der Waals surface area contributed by atoms with Gasteiger partial charge in [0.1, 0.15) is 17.2 Å². The van der Waals surface area contributed by atoms with Crippen LogP contribution >= 0.6 is 11.6 Å². The molecule has 206 valence electrons. The first-order valence-electron chi connectivity index (χ1n) is 13.5. The van der Waals surface area contributed by atoms with Crippen LogP contribution in [0.25, 0.3) is 10.9 Å². The number of fused-ring (bicyclic) bond motifs is 1. The van der Waals surface area contributed by atoms with E-state index in [9.17, 15) is 9.90 Å². The molecule has 1 saturated heterocycles. The minimum atomic E-state index is -0.867. The fraction of sp³-hybridized carbons (Fsp3) is 0.400. The fourth-order valence-electron chi connectivity index (χ4n) is 4.93. The molecule has 3 N–H and O–H groups in total. The Hall–Kier alpha value is -3.33. The molecule has 39 heavy (non-hydrogen) atoms. The number of hydrogen-bond acceptors (Lipinski definition) is 7. The van der Waals surface area contributed by atoms with Gasteiger partial charge in [0.05, 0.1) is 22.3 Å². The maximum atomic E-state index is 12.1. The highest BCUT2D eigenvalue weighted by molar-refractivity contribution is 6.33. The molecule has 1 aliphatic carbocycles. The van der Waals surface area contributed by atoms with Crippen LogP contribution in [0.3, 0.4) is 0 Å². The van der Waals surface area contributed by atoms with E-state index in [-0.39, 0.29) is 17.9 Å². The summed E-state index contributed by atoms with van der Waals surface area (Å²) in [6.07, 6.45) is 6.04. The summed E-state index contributed by atoms with van der Waals surface area (Å²) in [5, 5.41) is 17.5. The number of pyridine rings is 1. The minimum absolute atomic E-state index is 0.00956. The van der Waals surface area contributed by atoms with Crippen molar-refractivity contribution in [3.05, 3.63) is 65.8 Å². The van der Waals surface area contributed by atoms with Crippen LogP contribution in [0.15, 0.2) is 55.3 Å². The Kier molecular flexibility index (Phi) is 8.26. The first-order valence-corrected chi connectivity index (χ1v) is 13.9. The van der Waals surface area contributed by atoms with Gasteiger partial charge in [0.2, 0.25) is 5.91 Å². The zero-order valence-corrected chi connectivity index (χ0v) is 23.1. The second-order valence-electron chi connectivity index (χ2n) is 10.4. The lowest BCUT2D eigenvalue weighted by Gasteiger charge is -2.32. The van der Waals surface area contributed by atoms with Crippen molar-refractivity contribution in [2.45, 2.75) is 63.9 Å². The summed E-state index contributed by atoms with van der Waals surface area (Å²) in [5.74, 6) is 2.25. The van der Waals surface area contributed by atoms with Crippen molar-refractivity contribution in [3.8, 4) is 17.2 Å². The van der Waals surface area contributed by atoms with Crippen LogP contribution in [0, 0.1) is 0 Å². The summed E-state index contributed by atoms with van der Waals surface area (Å²) in [6.45, 7) is 8.99. The Bertz CT molecular complexity index is 1350. The van der Waals surface area contributed by atoms with E-state index in [2.05, 4.69) is 28.3 Å². The molecule has 0 bridgehead atoms. The lowest BCUT2D eigenvalue weighted by Crippen LogP contribution is -2.37. The molecule has 1 amide bonds. The highest BCUT2D eigenvalue weighted by Crippen LogP contribution is 2.40. The summed E-state index contributed by atoms with van der Waals surface area (Å²) in [4.78, 5) is 18.5. The lowest BCUT2D eigenvalue weighted by molar-refractivity contribution is -0.127. The van der Waals surface area contributed by atoms with E-state index in [0.717, 1.165) is 47.9 Å². The van der Waals surface area contributed by atoms with Gasteiger partial charge in [-0.2, -0.15) is 0 Å². The van der Waals surface area contributed by atoms with E-state index >= 15 is 0 Å². The first kappa shape index (κ1) is 27.2. The second kappa shape index (κ2) is 11.8. The SMILES string of the molecule is C=CC(=O)N1CCC(c2cc3c(Oc4ccc(NC(O)NC5CC5)c(Cl)c4)ccnc3cc2OC(C)C)CC1. The Morgan fingerprint density at radius 3 is 2.59 bits per heavy atom. The first-order chi connectivity index (χ1) is 18.8. The highest BCUT2D eigenvalue weighted by atomic mass is 35.5. The van der Waals surface area contributed by atoms with Gasteiger partial charge in [0.15, 0.2) is 6.35 Å². The number of nitrogens with zero attached hydrogens (tertiary/aromatic N) is 2. The predicted molar refractivity (Wildman–Crippen MR) is 154 cm³/mol. The molecule has 2 fully saturated rings. The number of rotatable bonds is 10. The van der Waals surface area contributed by atoms with Crippen LogP contribution in [0.4, 0.5) is 5.69 Å². The number of benzene rings is 2. The summed E-state index contributed by atoms with van der Waals surface area (Å²) >= 11 is 6.51. The third-order valence-corrected chi connectivity index (χ3v) is 7.36. The van der Waals surface area contributed by atoms with E-state index in [0.29, 0.717) is 41.3 Å². The number of carbonyl (C=O) groups excluding carboxylic acids is 1. The molecule has 5 rings (SSSR count). The van der Waals surface area contributed by atoms with E-state index in [1.807, 2.05) is 36.9 Å². The van der Waals surface area contributed by atoms with Gasteiger partial charge in [-0.15, -0.1) is 0 Å². The highest BCUT2D eigenvalue weighted by Gasteiger charge is 2.27.